The molecule has 0 spiro atoms. The zero-order valence-corrected chi connectivity index (χ0v) is 12.8. The van der Waals surface area contributed by atoms with E-state index in [1.807, 2.05) is 5.38 Å². The van der Waals surface area contributed by atoms with E-state index in [2.05, 4.69) is 6.92 Å². The fourth-order valence-corrected chi connectivity index (χ4v) is 5.32. The Morgan fingerprint density at radius 2 is 2.11 bits per heavy atom. The number of halogens is 1. The average Bonchev–Trinajstić information content (AvgIpc) is 2.88. The van der Waals surface area contributed by atoms with E-state index < -0.39 is 10.0 Å². The lowest BCUT2D eigenvalue weighted by molar-refractivity contribution is 0.269. The summed E-state index contributed by atoms with van der Waals surface area (Å²) >= 11 is 6.98. The van der Waals surface area contributed by atoms with E-state index in [4.69, 9.17) is 11.6 Å². The van der Waals surface area contributed by atoms with Crippen molar-refractivity contribution in [3.05, 3.63) is 17.0 Å². The Balaban J connectivity index is 2.12. The highest BCUT2D eigenvalue weighted by Gasteiger charge is 2.29. The third-order valence-electron chi connectivity index (χ3n) is 3.53. The van der Waals surface area contributed by atoms with Gasteiger partial charge >= 0.3 is 0 Å². The van der Waals surface area contributed by atoms with Crippen LogP contribution in [-0.4, -0.2) is 25.8 Å². The molecule has 1 aliphatic rings. The van der Waals surface area contributed by atoms with Crippen molar-refractivity contribution in [2.75, 3.05) is 13.1 Å². The van der Waals surface area contributed by atoms with Gasteiger partial charge in [-0.3, -0.25) is 0 Å². The Morgan fingerprint density at radius 3 is 2.61 bits per heavy atom. The van der Waals surface area contributed by atoms with Gasteiger partial charge in [0, 0.05) is 19.0 Å². The highest BCUT2D eigenvalue weighted by molar-refractivity contribution is 7.91. The summed E-state index contributed by atoms with van der Waals surface area (Å²) in [5.74, 6) is 1.04. The van der Waals surface area contributed by atoms with E-state index in [-0.39, 0.29) is 0 Å². The van der Waals surface area contributed by atoms with E-state index in [9.17, 15) is 8.42 Å². The molecule has 2 rings (SSSR count). The summed E-state index contributed by atoms with van der Waals surface area (Å²) in [5.41, 5.74) is 0.878. The fourth-order valence-electron chi connectivity index (χ4n) is 2.24. The predicted molar refractivity (Wildman–Crippen MR) is 75.6 cm³/mol. The molecule has 1 aromatic heterocycles. The van der Waals surface area contributed by atoms with Crippen molar-refractivity contribution in [1.29, 1.82) is 0 Å². The van der Waals surface area contributed by atoms with E-state index in [0.717, 1.165) is 24.8 Å². The molecule has 1 aromatic rings. The van der Waals surface area contributed by atoms with Crippen molar-refractivity contribution in [3.63, 3.8) is 0 Å². The highest BCUT2D eigenvalue weighted by Crippen LogP contribution is 2.29. The monoisotopic (exact) mass is 307 g/mol. The predicted octanol–water partition coefficient (Wildman–Crippen LogP) is 3.30. The number of hydrogen-bond donors (Lipinski definition) is 0. The lowest BCUT2D eigenvalue weighted by Crippen LogP contribution is -2.37. The molecule has 0 N–H and O–H groups in total. The second-order valence-electron chi connectivity index (χ2n) is 4.66. The lowest BCUT2D eigenvalue weighted by atomic mass is 9.96. The molecular formula is C12H18ClNO2S2. The van der Waals surface area contributed by atoms with Gasteiger partial charge < -0.3 is 0 Å². The zero-order valence-electron chi connectivity index (χ0n) is 10.4. The summed E-state index contributed by atoms with van der Waals surface area (Å²) in [4.78, 5) is 0. The van der Waals surface area contributed by atoms with Crippen molar-refractivity contribution < 1.29 is 8.42 Å². The van der Waals surface area contributed by atoms with Gasteiger partial charge in [0.25, 0.3) is 10.0 Å². The molecule has 18 heavy (non-hydrogen) atoms. The Hall–Kier alpha value is -0.100. The maximum atomic E-state index is 12.4. The maximum absolute atomic E-state index is 12.4. The van der Waals surface area contributed by atoms with Crippen molar-refractivity contribution >= 4 is 33.0 Å². The first kappa shape index (κ1) is 14.3. The van der Waals surface area contributed by atoms with Gasteiger partial charge in [-0.1, -0.05) is 13.3 Å². The van der Waals surface area contributed by atoms with Crippen LogP contribution in [0.2, 0.25) is 0 Å². The summed E-state index contributed by atoms with van der Waals surface area (Å²) in [5, 5.41) is 1.82. The Labute approximate surface area is 118 Å². The number of thiophene rings is 1. The van der Waals surface area contributed by atoms with Crippen molar-refractivity contribution in [2.24, 2.45) is 5.92 Å². The van der Waals surface area contributed by atoms with E-state index in [0.29, 0.717) is 29.1 Å². The molecular weight excluding hydrogens is 290 g/mol. The van der Waals surface area contributed by atoms with Gasteiger partial charge in [-0.05, 0) is 35.8 Å². The van der Waals surface area contributed by atoms with Gasteiger partial charge in [-0.2, -0.15) is 4.31 Å². The molecule has 1 fully saturated rings. The van der Waals surface area contributed by atoms with Gasteiger partial charge in [0.1, 0.15) is 4.21 Å². The molecule has 1 aliphatic heterocycles. The van der Waals surface area contributed by atoms with Gasteiger partial charge in [0.2, 0.25) is 0 Å². The molecule has 102 valence electrons. The van der Waals surface area contributed by atoms with Gasteiger partial charge in [-0.15, -0.1) is 22.9 Å². The molecule has 2 heterocycles. The largest absolute Gasteiger partial charge is 0.252 e. The topological polar surface area (TPSA) is 37.4 Å². The first-order valence-electron chi connectivity index (χ1n) is 6.21. The van der Waals surface area contributed by atoms with Crippen LogP contribution in [0.5, 0.6) is 0 Å². The molecule has 1 saturated heterocycles. The number of sulfonamides is 1. The first-order chi connectivity index (χ1) is 8.57. The molecule has 0 bridgehead atoms. The molecule has 0 amide bonds. The zero-order chi connectivity index (χ0) is 13.2. The summed E-state index contributed by atoms with van der Waals surface area (Å²) < 4.78 is 26.8. The van der Waals surface area contributed by atoms with Crippen molar-refractivity contribution in [3.8, 4) is 0 Å². The standard InChI is InChI=1S/C12H18ClNO2S2/c1-2-10-3-5-14(6-4-10)18(15,16)12-7-11(8-13)9-17-12/h7,9-10H,2-6,8H2,1H3. The van der Waals surface area contributed by atoms with Crippen LogP contribution in [0.1, 0.15) is 31.7 Å². The second-order valence-corrected chi connectivity index (χ2v) is 8.01. The van der Waals surface area contributed by atoms with Crippen LogP contribution in [0.15, 0.2) is 15.7 Å². The quantitative estimate of drug-likeness (QED) is 0.800. The van der Waals surface area contributed by atoms with E-state index in [1.165, 1.54) is 11.3 Å². The average molecular weight is 308 g/mol. The lowest BCUT2D eigenvalue weighted by Gasteiger charge is -2.30. The molecule has 0 aliphatic carbocycles. The summed E-state index contributed by atoms with van der Waals surface area (Å²) in [6.07, 6.45) is 3.09. The number of piperidine rings is 1. The minimum atomic E-state index is -3.29. The smallest absolute Gasteiger partial charge is 0.206 e. The summed E-state index contributed by atoms with van der Waals surface area (Å²) in [6, 6.07) is 1.69. The molecule has 0 unspecified atom stereocenters. The Kier molecular flexibility index (Phi) is 4.69. The van der Waals surface area contributed by atoms with Crippen LogP contribution in [0, 0.1) is 5.92 Å². The molecule has 3 nitrogen and oxygen atoms in total. The van der Waals surface area contributed by atoms with Crippen LogP contribution >= 0.6 is 22.9 Å². The fraction of sp³-hybridized carbons (Fsp3) is 0.667. The van der Waals surface area contributed by atoms with Crippen molar-refractivity contribution in [2.45, 2.75) is 36.3 Å². The van der Waals surface area contributed by atoms with Gasteiger partial charge in [0.15, 0.2) is 0 Å². The number of nitrogens with zero attached hydrogens (tertiary/aromatic N) is 1. The number of rotatable bonds is 4. The van der Waals surface area contributed by atoms with Crippen LogP contribution in [0.3, 0.4) is 0 Å². The SMILES string of the molecule is CCC1CCN(S(=O)(=O)c2cc(CCl)cs2)CC1. The van der Waals surface area contributed by atoms with Crippen molar-refractivity contribution in [1.82, 2.24) is 4.31 Å². The third kappa shape index (κ3) is 2.90. The minimum absolute atomic E-state index is 0.365. The summed E-state index contributed by atoms with van der Waals surface area (Å²) in [7, 11) is -3.29. The normalized spacial score (nSPS) is 19.2. The van der Waals surface area contributed by atoms with Crippen LogP contribution in [-0.2, 0) is 15.9 Å². The Bertz CT molecular complexity index is 490. The minimum Gasteiger partial charge on any atom is -0.206 e. The van der Waals surface area contributed by atoms with Crippen LogP contribution in [0.4, 0.5) is 0 Å². The summed E-state index contributed by atoms with van der Waals surface area (Å²) in [6.45, 7) is 3.46. The number of hydrogen-bond acceptors (Lipinski definition) is 3. The van der Waals surface area contributed by atoms with Crippen LogP contribution < -0.4 is 0 Å². The molecule has 6 heteroatoms. The van der Waals surface area contributed by atoms with Crippen LogP contribution in [0.25, 0.3) is 0 Å². The molecule has 0 saturated carbocycles. The molecule has 0 atom stereocenters. The first-order valence-corrected chi connectivity index (χ1v) is 9.07. The molecule has 0 aromatic carbocycles. The number of alkyl halides is 1. The van der Waals surface area contributed by atoms with Gasteiger partial charge in [-0.25, -0.2) is 8.42 Å². The highest BCUT2D eigenvalue weighted by atomic mass is 35.5. The van der Waals surface area contributed by atoms with E-state index in [1.54, 1.807) is 10.4 Å². The second kappa shape index (κ2) is 5.90. The third-order valence-corrected chi connectivity index (χ3v) is 7.20. The maximum Gasteiger partial charge on any atom is 0.252 e. The molecule has 0 radical (unpaired) electrons. The Morgan fingerprint density at radius 1 is 1.44 bits per heavy atom. The van der Waals surface area contributed by atoms with Gasteiger partial charge in [0.05, 0.1) is 0 Å². The van der Waals surface area contributed by atoms with E-state index >= 15 is 0 Å².